The molecule has 55 heavy (non-hydrogen) atoms. The maximum Gasteiger partial charge on any atom is 0.410 e. The van der Waals surface area contributed by atoms with Crippen molar-refractivity contribution < 1.29 is 19.1 Å². The quantitative estimate of drug-likeness (QED) is 0.183. The van der Waals surface area contributed by atoms with E-state index in [1.54, 1.807) is 40.3 Å². The summed E-state index contributed by atoms with van der Waals surface area (Å²) in [5.74, 6) is 0.617. The number of carbonyl (C=O) groups excluding carboxylic acids is 2. The molecule has 0 unspecified atom stereocenters. The monoisotopic (exact) mass is 745 g/mol. The maximum atomic E-state index is 13.8. The van der Waals surface area contributed by atoms with Gasteiger partial charge in [-0.15, -0.1) is 5.10 Å². The van der Waals surface area contributed by atoms with Crippen molar-refractivity contribution in [3.05, 3.63) is 95.3 Å². The number of aromatic nitrogens is 5. The lowest BCUT2D eigenvalue weighted by Crippen LogP contribution is -2.54. The van der Waals surface area contributed by atoms with Crippen molar-refractivity contribution in [3.8, 4) is 34.0 Å². The summed E-state index contributed by atoms with van der Waals surface area (Å²) in [6.07, 6.45) is 5.46. The van der Waals surface area contributed by atoms with E-state index in [9.17, 15) is 14.4 Å². The molecule has 14 nitrogen and oxygen atoms in total. The van der Waals surface area contributed by atoms with Crippen molar-refractivity contribution in [2.24, 2.45) is 7.05 Å². The molecule has 14 heteroatoms. The van der Waals surface area contributed by atoms with Crippen molar-refractivity contribution in [2.75, 3.05) is 54.5 Å². The van der Waals surface area contributed by atoms with E-state index in [1.165, 1.54) is 16.4 Å². The molecule has 2 aliphatic heterocycles. The predicted molar refractivity (Wildman–Crippen MR) is 212 cm³/mol. The lowest BCUT2D eigenvalue weighted by atomic mass is 9.90. The van der Waals surface area contributed by atoms with E-state index in [1.807, 2.05) is 57.2 Å². The van der Waals surface area contributed by atoms with Crippen molar-refractivity contribution in [3.63, 3.8) is 0 Å². The number of ether oxygens (including phenoxy) is 2. The van der Waals surface area contributed by atoms with Gasteiger partial charge < -0.3 is 19.3 Å². The van der Waals surface area contributed by atoms with Crippen molar-refractivity contribution in [1.29, 1.82) is 0 Å². The van der Waals surface area contributed by atoms with Gasteiger partial charge in [-0.25, -0.2) is 28.6 Å². The second-order valence-corrected chi connectivity index (χ2v) is 14.8. The molecule has 286 valence electrons. The molecule has 5 aromatic rings. The van der Waals surface area contributed by atoms with Gasteiger partial charge in [-0.2, -0.15) is 0 Å². The molecule has 2 aliphatic rings. The molecule has 5 heterocycles. The Morgan fingerprint density at radius 2 is 1.62 bits per heavy atom. The van der Waals surface area contributed by atoms with Crippen LogP contribution < -0.4 is 25.1 Å². The predicted octanol–water partition coefficient (Wildman–Crippen LogP) is 6.16. The first-order valence-electron chi connectivity index (χ1n) is 18.5. The summed E-state index contributed by atoms with van der Waals surface area (Å²) in [6, 6.07) is 20.0. The summed E-state index contributed by atoms with van der Waals surface area (Å²) < 4.78 is 13.8. The summed E-state index contributed by atoms with van der Waals surface area (Å²) in [7, 11) is 3.08. The topological polar surface area (TPSA) is 131 Å². The molecule has 0 spiro atoms. The third-order valence-corrected chi connectivity index (χ3v) is 10.0. The Labute approximate surface area is 320 Å². The van der Waals surface area contributed by atoms with Gasteiger partial charge in [-0.1, -0.05) is 25.1 Å². The number of benzene rings is 2. The summed E-state index contributed by atoms with van der Waals surface area (Å²) in [6.45, 7) is 12.6. The summed E-state index contributed by atoms with van der Waals surface area (Å²) in [4.78, 5) is 56.4. The fourth-order valence-corrected chi connectivity index (χ4v) is 7.41. The molecule has 7 rings (SSSR count). The standard InChI is InChI=1S/C41H47N9O5/c1-8-32-34(17-19-43-36(32)49-23-22-48(39(49)52)31-10-9-18-42-25-31)33-16-15-30(50-37(54-7)44-45(6)38(50)51)24-35(33)28-11-13-29(14-12-28)47-21-20-46(26-27(47)2)40(53)55-41(3,4)5/h9-19,24-25,27H,8,20-23,26H2,1-7H3/t27-/m1/s1. The smallest absolute Gasteiger partial charge is 0.410 e. The summed E-state index contributed by atoms with van der Waals surface area (Å²) in [5, 5.41) is 4.26. The lowest BCUT2D eigenvalue weighted by Gasteiger charge is -2.41. The number of nitrogens with zero attached hydrogens (tertiary/aromatic N) is 9. The largest absolute Gasteiger partial charge is 0.467 e. The zero-order valence-corrected chi connectivity index (χ0v) is 32.4. The SMILES string of the molecule is CCc1c(-c2ccc(-n3c(OC)nn(C)c3=O)cc2-c2ccc(N3CCN(C(=O)OC(C)(C)C)C[C@H]3C)cc2)ccnc1N1CCN(c2cccnc2)C1=O. The maximum absolute atomic E-state index is 13.8. The first kappa shape index (κ1) is 37.1. The second kappa shape index (κ2) is 14.9. The fourth-order valence-electron chi connectivity index (χ4n) is 7.41. The van der Waals surface area contributed by atoms with Gasteiger partial charge in [0, 0.05) is 69.5 Å². The van der Waals surface area contributed by atoms with Crippen LogP contribution in [-0.2, 0) is 18.2 Å². The van der Waals surface area contributed by atoms with Gasteiger partial charge in [0.1, 0.15) is 11.4 Å². The lowest BCUT2D eigenvalue weighted by molar-refractivity contribution is 0.0218. The average Bonchev–Trinajstić information content (AvgIpc) is 3.71. The first-order chi connectivity index (χ1) is 26.4. The van der Waals surface area contributed by atoms with Gasteiger partial charge in [0.2, 0.25) is 0 Å². The highest BCUT2D eigenvalue weighted by Gasteiger charge is 2.34. The van der Waals surface area contributed by atoms with Crippen LogP contribution in [0.5, 0.6) is 6.01 Å². The molecule has 2 fully saturated rings. The van der Waals surface area contributed by atoms with E-state index in [-0.39, 0.29) is 29.9 Å². The van der Waals surface area contributed by atoms with Gasteiger partial charge >= 0.3 is 23.8 Å². The molecule has 1 atom stereocenters. The summed E-state index contributed by atoms with van der Waals surface area (Å²) >= 11 is 0. The number of pyridine rings is 2. The Balaban J connectivity index is 1.26. The number of rotatable bonds is 8. The number of hydrogen-bond donors (Lipinski definition) is 0. The van der Waals surface area contributed by atoms with Crippen LogP contribution in [0, 0.1) is 0 Å². The molecule has 2 saturated heterocycles. The number of anilines is 3. The highest BCUT2D eigenvalue weighted by molar-refractivity contribution is 6.06. The van der Waals surface area contributed by atoms with Gasteiger partial charge in [-0.3, -0.25) is 14.8 Å². The Kier molecular flexibility index (Phi) is 10.1. The minimum absolute atomic E-state index is 0.0701. The molecule has 3 amide bonds. The molecular weight excluding hydrogens is 699 g/mol. The number of urea groups is 1. The third-order valence-electron chi connectivity index (χ3n) is 10.0. The molecular formula is C41H47N9O5. The normalized spacial score (nSPS) is 16.2. The zero-order valence-electron chi connectivity index (χ0n) is 32.4. The van der Waals surface area contributed by atoms with Crippen LogP contribution >= 0.6 is 0 Å². The number of amides is 3. The van der Waals surface area contributed by atoms with E-state index in [0.717, 1.165) is 39.2 Å². The fraction of sp³-hybridized carbons (Fsp3) is 0.366. The Bertz CT molecular complexity index is 2260. The van der Waals surface area contributed by atoms with Crippen molar-refractivity contribution in [1.82, 2.24) is 29.2 Å². The van der Waals surface area contributed by atoms with Crippen LogP contribution in [0.25, 0.3) is 27.9 Å². The molecule has 0 N–H and O–H groups in total. The minimum Gasteiger partial charge on any atom is -0.467 e. The van der Waals surface area contributed by atoms with E-state index in [4.69, 9.17) is 14.5 Å². The Morgan fingerprint density at radius 1 is 0.873 bits per heavy atom. The molecule has 0 saturated carbocycles. The van der Waals surface area contributed by atoms with Crippen LogP contribution in [-0.4, -0.2) is 92.8 Å². The first-order valence-corrected chi connectivity index (χ1v) is 18.5. The second-order valence-electron chi connectivity index (χ2n) is 14.8. The molecule has 2 aromatic carbocycles. The molecule has 0 radical (unpaired) electrons. The van der Waals surface area contributed by atoms with Gasteiger partial charge in [0.15, 0.2) is 0 Å². The molecule has 0 bridgehead atoms. The Hall–Kier alpha value is -6.18. The average molecular weight is 746 g/mol. The van der Waals surface area contributed by atoms with Crippen LogP contribution in [0.15, 0.2) is 84.0 Å². The number of carbonyl (C=O) groups is 2. The number of aryl methyl sites for hydroxylation is 1. The van der Waals surface area contributed by atoms with Crippen LogP contribution in [0.2, 0.25) is 0 Å². The Morgan fingerprint density at radius 3 is 2.29 bits per heavy atom. The van der Waals surface area contributed by atoms with E-state index in [0.29, 0.717) is 50.6 Å². The van der Waals surface area contributed by atoms with E-state index < -0.39 is 5.60 Å². The number of methoxy groups -OCH3 is 1. The minimum atomic E-state index is -0.553. The number of hydrogen-bond acceptors (Lipinski definition) is 9. The highest BCUT2D eigenvalue weighted by atomic mass is 16.6. The highest BCUT2D eigenvalue weighted by Crippen LogP contribution is 2.40. The molecule has 0 aliphatic carbocycles. The van der Waals surface area contributed by atoms with Crippen LogP contribution in [0.3, 0.4) is 0 Å². The number of piperazine rings is 1. The zero-order chi connectivity index (χ0) is 39.0. The van der Waals surface area contributed by atoms with Gasteiger partial charge in [0.05, 0.1) is 24.7 Å². The third kappa shape index (κ3) is 7.23. The van der Waals surface area contributed by atoms with Gasteiger partial charge in [0.25, 0.3) is 0 Å². The van der Waals surface area contributed by atoms with Crippen molar-refractivity contribution >= 4 is 29.3 Å². The van der Waals surface area contributed by atoms with E-state index in [2.05, 4.69) is 53.1 Å². The van der Waals surface area contributed by atoms with Gasteiger partial charge in [-0.05, 0) is 98.8 Å². The van der Waals surface area contributed by atoms with Crippen LogP contribution in [0.1, 0.15) is 40.2 Å². The van der Waals surface area contributed by atoms with Crippen molar-refractivity contribution in [2.45, 2.75) is 52.7 Å². The summed E-state index contributed by atoms with van der Waals surface area (Å²) in [5.41, 5.74) is 6.07. The molecule has 3 aromatic heterocycles. The van der Waals surface area contributed by atoms with Crippen LogP contribution in [0.4, 0.5) is 26.8 Å². The van der Waals surface area contributed by atoms with E-state index >= 15 is 0 Å².